The SMILES string of the molecule is NC(=O)O[C@@H]1CNCC12CC2. The minimum atomic E-state index is -0.648. The molecule has 62 valence electrons. The quantitative estimate of drug-likeness (QED) is 0.554. The Hall–Kier alpha value is -0.770. The van der Waals surface area contributed by atoms with E-state index in [1.54, 1.807) is 0 Å². The van der Waals surface area contributed by atoms with Crippen LogP contribution in [0.15, 0.2) is 0 Å². The standard InChI is InChI=1S/C7H12N2O2/c8-6(10)11-5-3-9-4-7(5)1-2-7/h5,9H,1-4H2,(H2,8,10)/t5-/m1/s1. The minimum Gasteiger partial charge on any atom is -0.444 e. The molecule has 1 amide bonds. The molecule has 1 aliphatic heterocycles. The van der Waals surface area contributed by atoms with Crippen molar-refractivity contribution in [2.24, 2.45) is 11.1 Å². The Balaban J connectivity index is 1.97. The summed E-state index contributed by atoms with van der Waals surface area (Å²) >= 11 is 0. The van der Waals surface area contributed by atoms with Gasteiger partial charge in [-0.05, 0) is 12.8 Å². The maximum atomic E-state index is 10.4. The van der Waals surface area contributed by atoms with E-state index in [9.17, 15) is 4.79 Å². The summed E-state index contributed by atoms with van der Waals surface area (Å²) in [6.07, 6.45) is 1.71. The summed E-state index contributed by atoms with van der Waals surface area (Å²) < 4.78 is 4.97. The van der Waals surface area contributed by atoms with Gasteiger partial charge >= 0.3 is 6.09 Å². The van der Waals surface area contributed by atoms with Crippen LogP contribution in [0.5, 0.6) is 0 Å². The Labute approximate surface area is 65.1 Å². The Morgan fingerprint density at radius 3 is 2.91 bits per heavy atom. The van der Waals surface area contributed by atoms with Crippen LogP contribution < -0.4 is 11.1 Å². The van der Waals surface area contributed by atoms with Crippen LogP contribution in [0.25, 0.3) is 0 Å². The summed E-state index contributed by atoms with van der Waals surface area (Å²) in [7, 11) is 0. The first-order valence-electron chi connectivity index (χ1n) is 3.90. The number of nitrogens with one attached hydrogen (secondary N) is 1. The number of hydrogen-bond acceptors (Lipinski definition) is 3. The monoisotopic (exact) mass is 156 g/mol. The molecule has 0 aromatic heterocycles. The van der Waals surface area contributed by atoms with E-state index in [4.69, 9.17) is 10.5 Å². The molecule has 0 aromatic rings. The van der Waals surface area contributed by atoms with Crippen molar-refractivity contribution >= 4 is 6.09 Å². The zero-order chi connectivity index (χ0) is 7.90. The van der Waals surface area contributed by atoms with Crippen molar-refractivity contribution in [3.05, 3.63) is 0 Å². The second-order valence-corrected chi connectivity index (χ2v) is 3.42. The van der Waals surface area contributed by atoms with E-state index in [0.29, 0.717) is 0 Å². The van der Waals surface area contributed by atoms with E-state index >= 15 is 0 Å². The van der Waals surface area contributed by atoms with Crippen molar-refractivity contribution in [2.45, 2.75) is 18.9 Å². The highest BCUT2D eigenvalue weighted by atomic mass is 16.6. The predicted molar refractivity (Wildman–Crippen MR) is 39.0 cm³/mol. The summed E-state index contributed by atoms with van der Waals surface area (Å²) in [6, 6.07) is 0. The van der Waals surface area contributed by atoms with Crippen molar-refractivity contribution in [2.75, 3.05) is 13.1 Å². The van der Waals surface area contributed by atoms with Crippen LogP contribution in [0, 0.1) is 5.41 Å². The van der Waals surface area contributed by atoms with Crippen LogP contribution in [0.3, 0.4) is 0 Å². The van der Waals surface area contributed by atoms with Gasteiger partial charge in [0.2, 0.25) is 0 Å². The average Bonchev–Trinajstić information content (AvgIpc) is 2.56. The lowest BCUT2D eigenvalue weighted by molar-refractivity contribution is 0.0848. The summed E-state index contributed by atoms with van der Waals surface area (Å²) in [5.41, 5.74) is 5.19. The van der Waals surface area contributed by atoms with Gasteiger partial charge in [0.1, 0.15) is 6.10 Å². The number of amides is 1. The fourth-order valence-corrected chi connectivity index (χ4v) is 1.75. The molecule has 1 spiro atoms. The number of rotatable bonds is 1. The molecule has 1 heterocycles. The normalized spacial score (nSPS) is 32.2. The van der Waals surface area contributed by atoms with Gasteiger partial charge in [-0.25, -0.2) is 4.79 Å². The van der Waals surface area contributed by atoms with E-state index in [0.717, 1.165) is 25.9 Å². The fourth-order valence-electron chi connectivity index (χ4n) is 1.75. The number of carbonyl (C=O) groups excluding carboxylic acids is 1. The highest BCUT2D eigenvalue weighted by molar-refractivity contribution is 5.65. The molecule has 0 radical (unpaired) electrons. The second kappa shape index (κ2) is 2.11. The molecule has 4 heteroatoms. The maximum absolute atomic E-state index is 10.4. The zero-order valence-electron chi connectivity index (χ0n) is 6.30. The Morgan fingerprint density at radius 1 is 1.64 bits per heavy atom. The molecular formula is C7H12N2O2. The average molecular weight is 156 g/mol. The number of nitrogens with two attached hydrogens (primary N) is 1. The second-order valence-electron chi connectivity index (χ2n) is 3.42. The minimum absolute atomic E-state index is 0.0278. The molecular weight excluding hydrogens is 144 g/mol. The third-order valence-corrected chi connectivity index (χ3v) is 2.64. The molecule has 0 unspecified atom stereocenters. The number of carbonyl (C=O) groups is 1. The van der Waals surface area contributed by atoms with Crippen molar-refractivity contribution < 1.29 is 9.53 Å². The maximum Gasteiger partial charge on any atom is 0.404 e. The first-order valence-corrected chi connectivity index (χ1v) is 3.90. The van der Waals surface area contributed by atoms with Crippen molar-refractivity contribution in [1.82, 2.24) is 5.32 Å². The van der Waals surface area contributed by atoms with Gasteiger partial charge in [-0.15, -0.1) is 0 Å². The van der Waals surface area contributed by atoms with Gasteiger partial charge in [0.05, 0.1) is 0 Å². The van der Waals surface area contributed by atoms with E-state index in [1.165, 1.54) is 0 Å². The molecule has 1 aliphatic carbocycles. The van der Waals surface area contributed by atoms with E-state index in [2.05, 4.69) is 5.32 Å². The Kier molecular flexibility index (Phi) is 1.32. The first kappa shape index (κ1) is 6.91. The summed E-state index contributed by atoms with van der Waals surface area (Å²) in [6.45, 7) is 1.74. The highest BCUT2D eigenvalue weighted by Gasteiger charge is 2.54. The van der Waals surface area contributed by atoms with Crippen LogP contribution >= 0.6 is 0 Å². The van der Waals surface area contributed by atoms with Gasteiger partial charge in [0, 0.05) is 18.5 Å². The summed E-state index contributed by atoms with van der Waals surface area (Å²) in [5, 5.41) is 3.20. The molecule has 3 N–H and O–H groups in total. The molecule has 2 rings (SSSR count). The number of ether oxygens (including phenoxy) is 1. The number of primary amides is 1. The van der Waals surface area contributed by atoms with Crippen molar-refractivity contribution in [3.8, 4) is 0 Å². The van der Waals surface area contributed by atoms with Crippen LogP contribution in [0.2, 0.25) is 0 Å². The summed E-state index contributed by atoms with van der Waals surface area (Å²) in [5.74, 6) is 0. The summed E-state index contributed by atoms with van der Waals surface area (Å²) in [4.78, 5) is 10.4. The Bertz CT molecular complexity index is 189. The molecule has 1 atom stereocenters. The lowest BCUT2D eigenvalue weighted by Gasteiger charge is -2.15. The lowest BCUT2D eigenvalue weighted by atomic mass is 10.0. The molecule has 11 heavy (non-hydrogen) atoms. The third-order valence-electron chi connectivity index (χ3n) is 2.64. The molecule has 0 aromatic carbocycles. The number of hydrogen-bond donors (Lipinski definition) is 2. The smallest absolute Gasteiger partial charge is 0.404 e. The van der Waals surface area contributed by atoms with E-state index < -0.39 is 6.09 Å². The topological polar surface area (TPSA) is 64.4 Å². The van der Waals surface area contributed by atoms with Gasteiger partial charge in [0.15, 0.2) is 0 Å². The molecule has 2 fully saturated rings. The van der Waals surface area contributed by atoms with Crippen LogP contribution in [-0.4, -0.2) is 25.3 Å². The van der Waals surface area contributed by atoms with Gasteiger partial charge in [-0.3, -0.25) is 0 Å². The molecule has 2 aliphatic rings. The van der Waals surface area contributed by atoms with Gasteiger partial charge < -0.3 is 15.8 Å². The van der Waals surface area contributed by atoms with Crippen molar-refractivity contribution in [1.29, 1.82) is 0 Å². The van der Waals surface area contributed by atoms with Gasteiger partial charge in [0.25, 0.3) is 0 Å². The largest absolute Gasteiger partial charge is 0.444 e. The zero-order valence-corrected chi connectivity index (χ0v) is 6.30. The first-order chi connectivity index (χ1) is 5.23. The third kappa shape index (κ3) is 1.07. The lowest BCUT2D eigenvalue weighted by Crippen LogP contribution is -2.29. The van der Waals surface area contributed by atoms with E-state index in [-0.39, 0.29) is 11.5 Å². The predicted octanol–water partition coefficient (Wildman–Crippen LogP) is -0.166. The molecule has 1 saturated carbocycles. The van der Waals surface area contributed by atoms with Crippen molar-refractivity contribution in [3.63, 3.8) is 0 Å². The van der Waals surface area contributed by atoms with Crippen LogP contribution in [0.1, 0.15) is 12.8 Å². The highest BCUT2D eigenvalue weighted by Crippen LogP contribution is 2.51. The molecule has 0 bridgehead atoms. The molecule has 1 saturated heterocycles. The van der Waals surface area contributed by atoms with Crippen LogP contribution in [0.4, 0.5) is 4.79 Å². The fraction of sp³-hybridized carbons (Fsp3) is 0.857. The molecule has 4 nitrogen and oxygen atoms in total. The van der Waals surface area contributed by atoms with Crippen LogP contribution in [-0.2, 0) is 4.74 Å². The van der Waals surface area contributed by atoms with Gasteiger partial charge in [-0.1, -0.05) is 0 Å². The Morgan fingerprint density at radius 2 is 2.36 bits per heavy atom. The van der Waals surface area contributed by atoms with Gasteiger partial charge in [-0.2, -0.15) is 0 Å². The van der Waals surface area contributed by atoms with E-state index in [1.807, 2.05) is 0 Å².